The number of benzene rings is 1. The maximum absolute atomic E-state index is 9.20. The second-order valence-corrected chi connectivity index (χ2v) is 4.35. The molecule has 2 N–H and O–H groups in total. The summed E-state index contributed by atoms with van der Waals surface area (Å²) in [6, 6.07) is 10.2. The van der Waals surface area contributed by atoms with Gasteiger partial charge in [-0.2, -0.15) is 0 Å². The van der Waals surface area contributed by atoms with Crippen LogP contribution in [0.2, 0.25) is 0 Å². The maximum Gasteiger partial charge on any atom is 0.105 e. The van der Waals surface area contributed by atoms with Crippen LogP contribution in [0.15, 0.2) is 43.0 Å². The van der Waals surface area contributed by atoms with Gasteiger partial charge in [0.2, 0.25) is 0 Å². The van der Waals surface area contributed by atoms with Gasteiger partial charge in [0.1, 0.15) is 19.6 Å². The first kappa shape index (κ1) is 13.9. The Morgan fingerprint density at radius 1 is 1.06 bits per heavy atom. The number of hydrogen-bond donors (Lipinski definition) is 2. The molecule has 94 valence electrons. The third-order valence-electron chi connectivity index (χ3n) is 3.03. The fraction of sp³-hybridized carbons (Fsp3) is 0.429. The molecule has 0 amide bonds. The highest BCUT2D eigenvalue weighted by Crippen LogP contribution is 2.14. The van der Waals surface area contributed by atoms with Crippen LogP contribution in [-0.4, -0.2) is 47.5 Å². The van der Waals surface area contributed by atoms with Crippen LogP contribution in [0.5, 0.6) is 0 Å². The van der Waals surface area contributed by atoms with Crippen LogP contribution >= 0.6 is 0 Å². The number of aliphatic hydroxyl groups is 2. The van der Waals surface area contributed by atoms with Gasteiger partial charge in [-0.05, 0) is 6.08 Å². The molecule has 0 aliphatic carbocycles. The maximum atomic E-state index is 9.20. The van der Waals surface area contributed by atoms with E-state index in [4.69, 9.17) is 0 Å². The molecule has 0 atom stereocenters. The Labute approximate surface area is 103 Å². The topological polar surface area (TPSA) is 40.5 Å². The molecule has 0 heterocycles. The summed E-state index contributed by atoms with van der Waals surface area (Å²) in [6.07, 6.45) is 1.86. The van der Waals surface area contributed by atoms with Crippen molar-refractivity contribution in [1.29, 1.82) is 0 Å². The van der Waals surface area contributed by atoms with Crippen molar-refractivity contribution in [3.63, 3.8) is 0 Å². The van der Waals surface area contributed by atoms with E-state index in [1.54, 1.807) is 0 Å². The predicted octanol–water partition coefficient (Wildman–Crippen LogP) is 1.17. The molecule has 3 heteroatoms. The van der Waals surface area contributed by atoms with Crippen LogP contribution in [0.4, 0.5) is 0 Å². The lowest BCUT2D eigenvalue weighted by atomic mass is 10.1. The first-order chi connectivity index (χ1) is 8.26. The van der Waals surface area contributed by atoms with Crippen molar-refractivity contribution in [1.82, 2.24) is 0 Å². The van der Waals surface area contributed by atoms with Crippen molar-refractivity contribution in [2.24, 2.45) is 0 Å². The van der Waals surface area contributed by atoms with Crippen molar-refractivity contribution in [2.75, 3.05) is 32.8 Å². The van der Waals surface area contributed by atoms with E-state index < -0.39 is 0 Å². The molecule has 0 radical (unpaired) electrons. The monoisotopic (exact) mass is 236 g/mol. The Bertz CT molecular complexity index is 318. The van der Waals surface area contributed by atoms with E-state index in [0.29, 0.717) is 17.6 Å². The van der Waals surface area contributed by atoms with Crippen LogP contribution in [0.1, 0.15) is 5.56 Å². The molecule has 0 saturated carbocycles. The van der Waals surface area contributed by atoms with Crippen LogP contribution in [0.3, 0.4) is 0 Å². The number of quaternary nitrogens is 1. The third kappa shape index (κ3) is 4.30. The number of hydrogen-bond acceptors (Lipinski definition) is 2. The third-order valence-corrected chi connectivity index (χ3v) is 3.03. The van der Waals surface area contributed by atoms with E-state index in [9.17, 15) is 10.2 Å². The summed E-state index contributed by atoms with van der Waals surface area (Å²) in [5, 5.41) is 18.4. The summed E-state index contributed by atoms with van der Waals surface area (Å²) in [4.78, 5) is 0. The summed E-state index contributed by atoms with van der Waals surface area (Å²) in [6.45, 7) is 6.88. The van der Waals surface area contributed by atoms with Gasteiger partial charge in [-0.3, -0.25) is 0 Å². The lowest BCUT2D eigenvalue weighted by molar-refractivity contribution is -0.936. The van der Waals surface area contributed by atoms with E-state index in [-0.39, 0.29) is 13.2 Å². The summed E-state index contributed by atoms with van der Waals surface area (Å²) in [7, 11) is 0. The highest BCUT2D eigenvalue weighted by Gasteiger charge is 2.25. The SMILES string of the molecule is C=CC[N+](CCO)(CCO)Cc1ccccc1. The normalized spacial score (nSPS) is 11.4. The molecule has 0 aromatic heterocycles. The first-order valence-electron chi connectivity index (χ1n) is 5.98. The van der Waals surface area contributed by atoms with Gasteiger partial charge >= 0.3 is 0 Å². The molecular weight excluding hydrogens is 214 g/mol. The standard InChI is InChI=1S/C14H22NO2/c1-2-8-15(9-11-16,10-12-17)13-14-6-4-3-5-7-14/h2-7,16-17H,1,8-13H2/q+1. The van der Waals surface area contributed by atoms with Gasteiger partial charge in [0.05, 0.1) is 19.8 Å². The first-order valence-corrected chi connectivity index (χ1v) is 5.98. The van der Waals surface area contributed by atoms with E-state index in [1.165, 1.54) is 5.56 Å². The lowest BCUT2D eigenvalue weighted by Crippen LogP contribution is -2.51. The van der Waals surface area contributed by atoms with Crippen molar-refractivity contribution < 1.29 is 14.7 Å². The van der Waals surface area contributed by atoms with Crippen molar-refractivity contribution >= 4 is 0 Å². The lowest BCUT2D eigenvalue weighted by Gasteiger charge is -2.37. The average molecular weight is 236 g/mol. The second kappa shape index (κ2) is 7.22. The molecule has 0 bridgehead atoms. The highest BCUT2D eigenvalue weighted by atomic mass is 16.3. The van der Waals surface area contributed by atoms with Crippen molar-refractivity contribution in [3.8, 4) is 0 Å². The number of nitrogens with zero attached hydrogens (tertiary/aromatic N) is 1. The molecule has 0 aliphatic rings. The van der Waals surface area contributed by atoms with E-state index in [0.717, 1.165) is 13.1 Å². The molecule has 0 saturated heterocycles. The summed E-state index contributed by atoms with van der Waals surface area (Å²) in [5.74, 6) is 0. The van der Waals surface area contributed by atoms with E-state index >= 15 is 0 Å². The largest absolute Gasteiger partial charge is 0.391 e. The van der Waals surface area contributed by atoms with Crippen LogP contribution in [0.25, 0.3) is 0 Å². The smallest absolute Gasteiger partial charge is 0.105 e. The zero-order valence-electron chi connectivity index (χ0n) is 10.3. The van der Waals surface area contributed by atoms with Gasteiger partial charge < -0.3 is 14.7 Å². The van der Waals surface area contributed by atoms with E-state index in [2.05, 4.69) is 18.7 Å². The molecular formula is C14H22NO2+. The Morgan fingerprint density at radius 3 is 2.12 bits per heavy atom. The minimum absolute atomic E-state index is 0.126. The quantitative estimate of drug-likeness (QED) is 0.525. The minimum atomic E-state index is 0.126. The van der Waals surface area contributed by atoms with Crippen molar-refractivity contribution in [2.45, 2.75) is 6.54 Å². The fourth-order valence-corrected chi connectivity index (χ4v) is 2.19. The van der Waals surface area contributed by atoms with Crippen molar-refractivity contribution in [3.05, 3.63) is 48.6 Å². The Hall–Kier alpha value is -1.16. The predicted molar refractivity (Wildman–Crippen MR) is 69.4 cm³/mol. The Morgan fingerprint density at radius 2 is 1.65 bits per heavy atom. The highest BCUT2D eigenvalue weighted by molar-refractivity contribution is 5.13. The molecule has 0 spiro atoms. The fourth-order valence-electron chi connectivity index (χ4n) is 2.19. The second-order valence-electron chi connectivity index (χ2n) is 4.35. The summed E-state index contributed by atoms with van der Waals surface area (Å²) in [5.41, 5.74) is 1.22. The molecule has 1 aromatic rings. The molecule has 17 heavy (non-hydrogen) atoms. The van der Waals surface area contributed by atoms with Gasteiger partial charge in [-0.25, -0.2) is 0 Å². The van der Waals surface area contributed by atoms with E-state index in [1.807, 2.05) is 24.3 Å². The van der Waals surface area contributed by atoms with Gasteiger partial charge in [0.25, 0.3) is 0 Å². The zero-order chi connectivity index (χ0) is 12.6. The van der Waals surface area contributed by atoms with Crippen LogP contribution < -0.4 is 0 Å². The van der Waals surface area contributed by atoms with Gasteiger partial charge in [-0.15, -0.1) is 0 Å². The number of aliphatic hydroxyl groups excluding tert-OH is 2. The summed E-state index contributed by atoms with van der Waals surface area (Å²) >= 11 is 0. The zero-order valence-corrected chi connectivity index (χ0v) is 10.3. The molecule has 3 nitrogen and oxygen atoms in total. The molecule has 0 unspecified atom stereocenters. The average Bonchev–Trinajstić information content (AvgIpc) is 2.31. The Kier molecular flexibility index (Phi) is 5.91. The summed E-state index contributed by atoms with van der Waals surface area (Å²) < 4.78 is 0.653. The Balaban J connectivity index is 2.83. The van der Waals surface area contributed by atoms with Gasteiger partial charge in [0.15, 0.2) is 0 Å². The van der Waals surface area contributed by atoms with Gasteiger partial charge in [-0.1, -0.05) is 36.9 Å². The molecule has 1 rings (SSSR count). The van der Waals surface area contributed by atoms with Crippen LogP contribution in [0, 0.1) is 0 Å². The molecule has 0 aliphatic heterocycles. The molecule has 1 aromatic carbocycles. The minimum Gasteiger partial charge on any atom is -0.391 e. The van der Waals surface area contributed by atoms with Gasteiger partial charge in [0, 0.05) is 5.56 Å². The molecule has 0 fully saturated rings. The number of rotatable bonds is 8. The van der Waals surface area contributed by atoms with Crippen LogP contribution in [-0.2, 0) is 6.54 Å².